The van der Waals surface area contributed by atoms with Crippen LogP contribution in [0.15, 0.2) is 36.5 Å². The minimum absolute atomic E-state index is 0.0751. The van der Waals surface area contributed by atoms with Gasteiger partial charge in [0.2, 0.25) is 0 Å². The van der Waals surface area contributed by atoms with Crippen LogP contribution in [0.5, 0.6) is 0 Å². The molecule has 0 spiro atoms. The minimum atomic E-state index is -0.776. The molecule has 0 rings (SSSR count). The van der Waals surface area contributed by atoms with Crippen LogP contribution in [0.3, 0.4) is 0 Å². The SMILES string of the molecule is CC/C=C\C/C=C\C/C=C\CCCCCCCC(=O)OC(COC(=O)CCCCCCCCCC)COC(=O)CCCCCCCCCCCCCCCCCCCCCCCCCCCC. The predicted molar refractivity (Wildman–Crippen MR) is 289 cm³/mol. The van der Waals surface area contributed by atoms with Gasteiger partial charge in [-0.05, 0) is 51.4 Å². The van der Waals surface area contributed by atoms with E-state index in [9.17, 15) is 14.4 Å². The summed E-state index contributed by atoms with van der Waals surface area (Å²) in [4.78, 5) is 38.0. The van der Waals surface area contributed by atoms with E-state index < -0.39 is 6.10 Å². The summed E-state index contributed by atoms with van der Waals surface area (Å²) in [5.41, 5.74) is 0. The second kappa shape index (κ2) is 56.2. The van der Waals surface area contributed by atoms with Crippen LogP contribution in [0.4, 0.5) is 0 Å². The van der Waals surface area contributed by atoms with Crippen molar-refractivity contribution in [3.63, 3.8) is 0 Å². The average molecular weight is 942 g/mol. The van der Waals surface area contributed by atoms with Crippen molar-refractivity contribution >= 4 is 17.9 Å². The van der Waals surface area contributed by atoms with Crippen molar-refractivity contribution in [3.8, 4) is 0 Å². The maximum Gasteiger partial charge on any atom is 0.306 e. The average Bonchev–Trinajstić information content (AvgIpc) is 3.33. The van der Waals surface area contributed by atoms with Crippen LogP contribution in [-0.2, 0) is 28.6 Å². The Morgan fingerprint density at radius 3 is 0.910 bits per heavy atom. The first-order chi connectivity index (χ1) is 33.0. The van der Waals surface area contributed by atoms with Crippen molar-refractivity contribution in [2.75, 3.05) is 13.2 Å². The molecule has 0 N–H and O–H groups in total. The van der Waals surface area contributed by atoms with Crippen molar-refractivity contribution in [2.45, 2.75) is 322 Å². The summed E-state index contributed by atoms with van der Waals surface area (Å²) in [6.07, 6.45) is 67.4. The Hall–Kier alpha value is -2.37. The molecular weight excluding hydrogens is 829 g/mol. The Morgan fingerprint density at radius 1 is 0.313 bits per heavy atom. The minimum Gasteiger partial charge on any atom is -0.462 e. The molecule has 0 aliphatic rings. The zero-order chi connectivity index (χ0) is 48.6. The number of unbranched alkanes of at least 4 members (excludes halogenated alkanes) is 37. The summed E-state index contributed by atoms with van der Waals surface area (Å²) in [7, 11) is 0. The molecule has 1 atom stereocenters. The van der Waals surface area contributed by atoms with Crippen LogP contribution in [0.1, 0.15) is 316 Å². The topological polar surface area (TPSA) is 78.9 Å². The van der Waals surface area contributed by atoms with Crippen LogP contribution in [0, 0.1) is 0 Å². The molecule has 0 saturated carbocycles. The second-order valence-corrected chi connectivity index (χ2v) is 19.9. The molecule has 6 nitrogen and oxygen atoms in total. The van der Waals surface area contributed by atoms with Crippen LogP contribution in [0.2, 0.25) is 0 Å². The smallest absolute Gasteiger partial charge is 0.306 e. The third kappa shape index (κ3) is 54.4. The lowest BCUT2D eigenvalue weighted by molar-refractivity contribution is -0.167. The third-order valence-corrected chi connectivity index (χ3v) is 13.2. The van der Waals surface area contributed by atoms with E-state index >= 15 is 0 Å². The van der Waals surface area contributed by atoms with Gasteiger partial charge in [0.25, 0.3) is 0 Å². The number of carbonyl (C=O) groups is 3. The summed E-state index contributed by atoms with van der Waals surface area (Å²) in [6, 6.07) is 0. The number of ether oxygens (including phenoxy) is 3. The number of hydrogen-bond donors (Lipinski definition) is 0. The highest BCUT2D eigenvalue weighted by atomic mass is 16.6. The van der Waals surface area contributed by atoms with Gasteiger partial charge in [0.1, 0.15) is 13.2 Å². The van der Waals surface area contributed by atoms with Gasteiger partial charge in [0.05, 0.1) is 0 Å². The summed E-state index contributed by atoms with van der Waals surface area (Å²) in [6.45, 7) is 6.52. The molecule has 67 heavy (non-hydrogen) atoms. The predicted octanol–water partition coefficient (Wildman–Crippen LogP) is 19.7. The molecule has 0 amide bonds. The first-order valence-electron chi connectivity index (χ1n) is 29.5. The van der Waals surface area contributed by atoms with E-state index in [1.165, 1.54) is 180 Å². The molecule has 0 bridgehead atoms. The van der Waals surface area contributed by atoms with Gasteiger partial charge in [0, 0.05) is 19.3 Å². The lowest BCUT2D eigenvalue weighted by Gasteiger charge is -2.18. The van der Waals surface area contributed by atoms with Crippen molar-refractivity contribution in [2.24, 2.45) is 0 Å². The molecule has 0 aromatic rings. The Bertz CT molecular complexity index is 1130. The largest absolute Gasteiger partial charge is 0.462 e. The summed E-state index contributed by atoms with van der Waals surface area (Å²) in [5, 5.41) is 0. The van der Waals surface area contributed by atoms with Gasteiger partial charge in [-0.1, -0.05) is 282 Å². The monoisotopic (exact) mass is 941 g/mol. The molecule has 0 heterocycles. The highest BCUT2D eigenvalue weighted by Gasteiger charge is 2.19. The first-order valence-corrected chi connectivity index (χ1v) is 29.5. The Kier molecular flexibility index (Phi) is 54.2. The second-order valence-electron chi connectivity index (χ2n) is 19.9. The number of carbonyl (C=O) groups excluding carboxylic acids is 3. The molecule has 0 aliphatic heterocycles. The zero-order valence-electron chi connectivity index (χ0n) is 44.9. The van der Waals surface area contributed by atoms with E-state index in [4.69, 9.17) is 14.2 Å². The molecular formula is C61H112O6. The van der Waals surface area contributed by atoms with Gasteiger partial charge < -0.3 is 14.2 Å². The Labute approximate surface area is 416 Å². The van der Waals surface area contributed by atoms with Crippen LogP contribution in [0.25, 0.3) is 0 Å². The number of hydrogen-bond acceptors (Lipinski definition) is 6. The highest BCUT2D eigenvalue weighted by Crippen LogP contribution is 2.17. The standard InChI is InChI=1S/C61H112O6/c1-4-7-10-13-16-19-21-23-25-26-27-28-29-30-31-32-33-34-35-37-38-40-42-45-48-51-54-60(63)66-57-58(56-65-59(62)53-50-47-44-18-15-12-9-6-3)67-61(64)55-52-49-46-43-41-39-36-24-22-20-17-14-11-8-5-2/h8,11,17,20,24,36,58H,4-7,9-10,12-16,18-19,21-23,25-35,37-57H2,1-3H3/b11-8-,20-17-,36-24-. The maximum atomic E-state index is 12.8. The number of esters is 3. The van der Waals surface area contributed by atoms with Crippen LogP contribution < -0.4 is 0 Å². The quantitative estimate of drug-likeness (QED) is 0.0262. The van der Waals surface area contributed by atoms with Crippen LogP contribution in [-0.4, -0.2) is 37.2 Å². The van der Waals surface area contributed by atoms with Crippen molar-refractivity contribution < 1.29 is 28.6 Å². The molecule has 1 unspecified atom stereocenters. The van der Waals surface area contributed by atoms with E-state index in [0.717, 1.165) is 96.3 Å². The van der Waals surface area contributed by atoms with Gasteiger partial charge in [-0.3, -0.25) is 14.4 Å². The van der Waals surface area contributed by atoms with Gasteiger partial charge in [0.15, 0.2) is 6.10 Å². The lowest BCUT2D eigenvalue weighted by atomic mass is 10.0. The number of allylic oxidation sites excluding steroid dienone is 6. The van der Waals surface area contributed by atoms with Gasteiger partial charge in [-0.25, -0.2) is 0 Å². The molecule has 0 aromatic heterocycles. The van der Waals surface area contributed by atoms with Crippen molar-refractivity contribution in [3.05, 3.63) is 36.5 Å². The molecule has 0 saturated heterocycles. The molecule has 0 aliphatic carbocycles. The Morgan fingerprint density at radius 2 is 0.582 bits per heavy atom. The molecule has 6 heteroatoms. The van der Waals surface area contributed by atoms with Crippen LogP contribution >= 0.6 is 0 Å². The maximum absolute atomic E-state index is 12.8. The fourth-order valence-corrected chi connectivity index (χ4v) is 8.75. The Balaban J connectivity index is 4.10. The zero-order valence-corrected chi connectivity index (χ0v) is 44.9. The normalized spacial score (nSPS) is 12.2. The van der Waals surface area contributed by atoms with Crippen molar-refractivity contribution in [1.29, 1.82) is 0 Å². The van der Waals surface area contributed by atoms with E-state index in [1.54, 1.807) is 0 Å². The molecule has 0 aromatic carbocycles. The van der Waals surface area contributed by atoms with E-state index in [1.807, 2.05) is 0 Å². The van der Waals surface area contributed by atoms with Gasteiger partial charge in [-0.15, -0.1) is 0 Å². The number of rotatable bonds is 54. The highest BCUT2D eigenvalue weighted by molar-refractivity contribution is 5.71. The fraction of sp³-hybridized carbons (Fsp3) is 0.852. The summed E-state index contributed by atoms with van der Waals surface area (Å²) in [5.74, 6) is -0.881. The lowest BCUT2D eigenvalue weighted by Crippen LogP contribution is -2.30. The van der Waals surface area contributed by atoms with E-state index in [-0.39, 0.29) is 31.1 Å². The van der Waals surface area contributed by atoms with E-state index in [2.05, 4.69) is 57.2 Å². The van der Waals surface area contributed by atoms with Gasteiger partial charge in [-0.2, -0.15) is 0 Å². The molecule has 0 fully saturated rings. The fourth-order valence-electron chi connectivity index (χ4n) is 8.75. The van der Waals surface area contributed by atoms with Crippen molar-refractivity contribution in [1.82, 2.24) is 0 Å². The van der Waals surface area contributed by atoms with Gasteiger partial charge >= 0.3 is 17.9 Å². The summed E-state index contributed by atoms with van der Waals surface area (Å²) >= 11 is 0. The third-order valence-electron chi connectivity index (χ3n) is 13.2. The molecule has 0 radical (unpaired) electrons. The summed E-state index contributed by atoms with van der Waals surface area (Å²) < 4.78 is 16.8. The molecule has 392 valence electrons. The van der Waals surface area contributed by atoms with E-state index in [0.29, 0.717) is 19.3 Å². The first kappa shape index (κ1) is 64.6.